The molecule has 3 aromatic carbocycles. The van der Waals surface area contributed by atoms with Crippen LogP contribution in [0, 0.1) is 17.8 Å². The molecule has 0 bridgehead atoms. The molecule has 45 heavy (non-hydrogen) atoms. The molecule has 1 aliphatic rings. The minimum atomic E-state index is -0.538. The molecule has 228 valence electrons. The molecule has 0 saturated carbocycles. The molecule has 3 heterocycles. The molecule has 1 fully saturated rings. The van der Waals surface area contributed by atoms with Crippen molar-refractivity contribution in [1.82, 2.24) is 19.9 Å². The summed E-state index contributed by atoms with van der Waals surface area (Å²) in [5.41, 5.74) is 4.45. The van der Waals surface area contributed by atoms with Crippen molar-refractivity contribution in [2.75, 3.05) is 37.9 Å². The molecule has 0 amide bonds. The number of hydrogen-bond donors (Lipinski definition) is 2. The molecule has 1 atom stereocenters. The van der Waals surface area contributed by atoms with E-state index in [0.717, 1.165) is 42.1 Å². The van der Waals surface area contributed by atoms with Crippen molar-refractivity contribution in [2.24, 2.45) is 0 Å². The van der Waals surface area contributed by atoms with Gasteiger partial charge in [-0.3, -0.25) is 9.36 Å². The van der Waals surface area contributed by atoms with Gasteiger partial charge >= 0.3 is 0 Å². The van der Waals surface area contributed by atoms with Crippen molar-refractivity contribution in [3.05, 3.63) is 123 Å². The Kier molecular flexibility index (Phi) is 9.71. The molecule has 1 aliphatic heterocycles. The first-order valence-electron chi connectivity index (χ1n) is 14.7. The van der Waals surface area contributed by atoms with Crippen LogP contribution in [0.4, 0.5) is 16.0 Å². The number of pyridine rings is 1. The van der Waals surface area contributed by atoms with Crippen molar-refractivity contribution in [1.29, 1.82) is 0 Å². The van der Waals surface area contributed by atoms with Crippen LogP contribution in [0.1, 0.15) is 27.5 Å². The highest BCUT2D eigenvalue weighted by Gasteiger charge is 2.16. The van der Waals surface area contributed by atoms with Gasteiger partial charge in [0.05, 0.1) is 18.7 Å². The molecule has 0 spiro atoms. The van der Waals surface area contributed by atoms with Gasteiger partial charge in [0, 0.05) is 48.5 Å². The summed E-state index contributed by atoms with van der Waals surface area (Å²) >= 11 is 1.96. The Hall–Kier alpha value is -4.69. The van der Waals surface area contributed by atoms with Crippen molar-refractivity contribution >= 4 is 34.4 Å². The van der Waals surface area contributed by atoms with E-state index >= 15 is 0 Å². The third kappa shape index (κ3) is 7.52. The predicted octanol–water partition coefficient (Wildman–Crippen LogP) is 5.68. The maximum atomic E-state index is 14.0. The molecule has 1 unspecified atom stereocenters. The summed E-state index contributed by atoms with van der Waals surface area (Å²) in [6.07, 6.45) is 4.90. The minimum Gasteiger partial charge on any atom is -0.404 e. The van der Waals surface area contributed by atoms with Gasteiger partial charge < -0.3 is 20.1 Å². The number of thioether (sulfide) groups is 1. The van der Waals surface area contributed by atoms with E-state index in [9.17, 15) is 9.18 Å². The van der Waals surface area contributed by atoms with Crippen LogP contribution < -0.4 is 20.9 Å². The molecule has 1 saturated heterocycles. The third-order valence-electron chi connectivity index (χ3n) is 7.40. The van der Waals surface area contributed by atoms with Crippen LogP contribution >= 0.6 is 11.8 Å². The Morgan fingerprint density at radius 2 is 1.93 bits per heavy atom. The van der Waals surface area contributed by atoms with Gasteiger partial charge in [0.25, 0.3) is 5.56 Å². The van der Waals surface area contributed by atoms with Crippen molar-refractivity contribution in [3.8, 4) is 17.8 Å². The van der Waals surface area contributed by atoms with E-state index in [-0.39, 0.29) is 23.4 Å². The molecule has 5 aromatic rings. The SMILES string of the molecule is COCCc1cccc(Cn2c(=O)c(C#COc3ccccc3F)cc3cnc(Nc4ccc(C5CNCCS5)cc4)nc32)c1. The monoisotopic (exact) mass is 621 g/mol. The van der Waals surface area contributed by atoms with E-state index in [2.05, 4.69) is 45.8 Å². The zero-order valence-electron chi connectivity index (χ0n) is 24.8. The Balaban J connectivity index is 1.33. The van der Waals surface area contributed by atoms with Crippen molar-refractivity contribution in [2.45, 2.75) is 18.2 Å². The fourth-order valence-electron chi connectivity index (χ4n) is 5.09. The van der Waals surface area contributed by atoms with Crippen molar-refractivity contribution in [3.63, 3.8) is 0 Å². The van der Waals surface area contributed by atoms with Crippen LogP contribution in [0.15, 0.2) is 89.9 Å². The number of methoxy groups -OCH3 is 1. The summed E-state index contributed by atoms with van der Waals surface area (Å²) in [7, 11) is 1.67. The van der Waals surface area contributed by atoms with Gasteiger partial charge in [-0.25, -0.2) is 9.37 Å². The molecule has 8 nitrogen and oxygen atoms in total. The lowest BCUT2D eigenvalue weighted by atomic mass is 10.1. The Morgan fingerprint density at radius 3 is 2.73 bits per heavy atom. The lowest BCUT2D eigenvalue weighted by molar-refractivity contribution is 0.202. The first-order valence-corrected chi connectivity index (χ1v) is 15.7. The third-order valence-corrected chi connectivity index (χ3v) is 8.68. The molecule has 6 rings (SSSR count). The molecular weight excluding hydrogens is 589 g/mol. The largest absolute Gasteiger partial charge is 0.404 e. The maximum absolute atomic E-state index is 14.0. The van der Waals surface area contributed by atoms with E-state index < -0.39 is 5.82 Å². The predicted molar refractivity (Wildman–Crippen MR) is 177 cm³/mol. The summed E-state index contributed by atoms with van der Waals surface area (Å²) in [5, 5.41) is 7.79. The summed E-state index contributed by atoms with van der Waals surface area (Å²) in [6, 6.07) is 23.9. The fraction of sp³-hybridized carbons (Fsp3) is 0.229. The van der Waals surface area contributed by atoms with Crippen LogP contribution in [0.2, 0.25) is 0 Å². The van der Waals surface area contributed by atoms with Gasteiger partial charge in [-0.1, -0.05) is 48.5 Å². The van der Waals surface area contributed by atoms with Gasteiger partial charge in [-0.2, -0.15) is 16.7 Å². The normalized spacial score (nSPS) is 14.5. The Morgan fingerprint density at radius 1 is 1.09 bits per heavy atom. The lowest BCUT2D eigenvalue weighted by Gasteiger charge is -2.22. The number of rotatable bonds is 9. The Bertz CT molecular complexity index is 1910. The van der Waals surface area contributed by atoms with Gasteiger partial charge in [-0.15, -0.1) is 0 Å². The zero-order chi connectivity index (χ0) is 31.0. The van der Waals surface area contributed by atoms with Gasteiger partial charge in [-0.05, 0) is 59.4 Å². The molecule has 0 aliphatic carbocycles. The first kappa shape index (κ1) is 30.3. The Labute approximate surface area is 265 Å². The summed E-state index contributed by atoms with van der Waals surface area (Å²) in [5.74, 6) is 3.68. The van der Waals surface area contributed by atoms with E-state index in [1.54, 1.807) is 36.1 Å². The molecule has 0 radical (unpaired) electrons. The molecule has 2 N–H and O–H groups in total. The molecule has 2 aromatic heterocycles. The second-order valence-corrected chi connectivity index (χ2v) is 11.9. The fourth-order valence-corrected chi connectivity index (χ4v) is 6.23. The van der Waals surface area contributed by atoms with Crippen LogP contribution in [-0.2, 0) is 17.7 Å². The number of hydrogen-bond acceptors (Lipinski definition) is 8. The van der Waals surface area contributed by atoms with Gasteiger partial charge in [0.1, 0.15) is 11.8 Å². The number of fused-ring (bicyclic) bond motifs is 1. The molecule has 10 heteroatoms. The number of halogens is 1. The van der Waals surface area contributed by atoms with Crippen LogP contribution in [0.25, 0.3) is 11.0 Å². The van der Waals surface area contributed by atoms with E-state index in [0.29, 0.717) is 28.8 Å². The summed E-state index contributed by atoms with van der Waals surface area (Å²) < 4.78 is 26.2. The van der Waals surface area contributed by atoms with Gasteiger partial charge in [0.15, 0.2) is 11.6 Å². The maximum Gasteiger partial charge on any atom is 0.268 e. The van der Waals surface area contributed by atoms with Crippen LogP contribution in [0.5, 0.6) is 5.75 Å². The number of ether oxygens (including phenoxy) is 2. The number of para-hydroxylation sites is 1. The minimum absolute atomic E-state index is 0.0137. The average Bonchev–Trinajstić information content (AvgIpc) is 3.07. The van der Waals surface area contributed by atoms with Crippen LogP contribution in [-0.4, -0.2) is 47.1 Å². The summed E-state index contributed by atoms with van der Waals surface area (Å²) in [6.45, 7) is 2.86. The van der Waals surface area contributed by atoms with Crippen LogP contribution in [0.3, 0.4) is 0 Å². The smallest absolute Gasteiger partial charge is 0.268 e. The summed E-state index contributed by atoms with van der Waals surface area (Å²) in [4.78, 5) is 23.1. The van der Waals surface area contributed by atoms with E-state index in [1.165, 1.54) is 17.7 Å². The standard InChI is InChI=1S/C35H32FN5O3S/c1-43-16-13-24-5-4-6-25(19-24)23-41-33-28(20-27(34(41)42)14-17-44-31-8-3-2-7-30(31)36)21-38-35(40-33)39-29-11-9-26(10-12-29)32-22-37-15-18-45-32/h2-12,19-21,32,37H,13,15-16,18,22-23H2,1H3,(H,38,39,40). The second-order valence-electron chi connectivity index (χ2n) is 10.6. The number of anilines is 2. The number of nitrogens with one attached hydrogen (secondary N) is 2. The lowest BCUT2D eigenvalue weighted by Crippen LogP contribution is -2.28. The quantitative estimate of drug-likeness (QED) is 0.204. The number of benzene rings is 3. The zero-order valence-corrected chi connectivity index (χ0v) is 25.6. The molecular formula is C35H32FN5O3S. The van der Waals surface area contributed by atoms with Crippen molar-refractivity contribution < 1.29 is 13.9 Å². The first-order chi connectivity index (χ1) is 22.1. The highest BCUT2D eigenvalue weighted by molar-refractivity contribution is 7.99. The van der Waals surface area contributed by atoms with E-state index in [4.69, 9.17) is 14.5 Å². The topological polar surface area (TPSA) is 90.3 Å². The highest BCUT2D eigenvalue weighted by atomic mass is 32.2. The van der Waals surface area contributed by atoms with E-state index in [1.807, 2.05) is 42.1 Å². The number of aromatic nitrogens is 3. The average molecular weight is 622 g/mol. The number of nitrogens with zero attached hydrogens (tertiary/aromatic N) is 3. The second kappa shape index (κ2) is 14.4. The van der Waals surface area contributed by atoms with Gasteiger partial charge in [0.2, 0.25) is 5.95 Å². The highest BCUT2D eigenvalue weighted by Crippen LogP contribution is 2.31.